The van der Waals surface area contributed by atoms with Gasteiger partial charge < -0.3 is 24.8 Å². The van der Waals surface area contributed by atoms with Crippen molar-refractivity contribution < 1.29 is 14.2 Å². The van der Waals surface area contributed by atoms with Gasteiger partial charge in [0.15, 0.2) is 11.5 Å². The molecule has 0 saturated carbocycles. The molecule has 3 N–H and O–H groups in total. The lowest BCUT2D eigenvalue weighted by molar-refractivity contribution is 0.355. The molecule has 0 aliphatic carbocycles. The van der Waals surface area contributed by atoms with Crippen LogP contribution in [0.3, 0.4) is 0 Å². The van der Waals surface area contributed by atoms with Crippen molar-refractivity contribution >= 4 is 35.4 Å². The van der Waals surface area contributed by atoms with Gasteiger partial charge in [-0.05, 0) is 60.2 Å². The van der Waals surface area contributed by atoms with Gasteiger partial charge in [-0.3, -0.25) is 0 Å². The van der Waals surface area contributed by atoms with E-state index >= 15 is 0 Å². The standard InChI is InChI=1S/C25H25N7O3/c1-33-20-12-10-19(11-13-20)28-24-29-23(27-18-7-5-4-6-8-18)30-25(31-24)32-26-16-17-9-14-21(34-2)22(15-17)35-3/h4-16H,1-3H3,(H3,27,28,29,30,31,32)/b26-16-. The number of ether oxygens (including phenoxy) is 3. The molecule has 0 spiro atoms. The maximum atomic E-state index is 5.34. The van der Waals surface area contributed by atoms with E-state index in [1.54, 1.807) is 27.5 Å². The number of benzene rings is 3. The van der Waals surface area contributed by atoms with Crippen LogP contribution in [0.15, 0.2) is 77.9 Å². The molecule has 178 valence electrons. The normalized spacial score (nSPS) is 10.6. The van der Waals surface area contributed by atoms with Gasteiger partial charge in [-0.15, -0.1) is 0 Å². The lowest BCUT2D eigenvalue weighted by Crippen LogP contribution is -2.07. The van der Waals surface area contributed by atoms with Crippen molar-refractivity contribution in [2.24, 2.45) is 5.10 Å². The quantitative estimate of drug-likeness (QED) is 0.221. The Hall–Kier alpha value is -4.86. The molecule has 3 aromatic carbocycles. The molecule has 0 radical (unpaired) electrons. The second-order valence-corrected chi connectivity index (χ2v) is 7.14. The van der Waals surface area contributed by atoms with E-state index in [0.717, 1.165) is 22.7 Å². The van der Waals surface area contributed by atoms with Crippen LogP contribution < -0.4 is 30.3 Å². The van der Waals surface area contributed by atoms with Crippen LogP contribution in [0.2, 0.25) is 0 Å². The maximum Gasteiger partial charge on any atom is 0.250 e. The van der Waals surface area contributed by atoms with Gasteiger partial charge in [-0.2, -0.15) is 20.1 Å². The highest BCUT2D eigenvalue weighted by Gasteiger charge is 2.08. The predicted molar refractivity (Wildman–Crippen MR) is 137 cm³/mol. The molecule has 1 heterocycles. The van der Waals surface area contributed by atoms with Gasteiger partial charge in [0.2, 0.25) is 17.8 Å². The zero-order chi connectivity index (χ0) is 24.5. The molecule has 4 aromatic rings. The number of nitrogens with zero attached hydrogens (tertiary/aromatic N) is 4. The summed E-state index contributed by atoms with van der Waals surface area (Å²) in [6, 6.07) is 22.5. The smallest absolute Gasteiger partial charge is 0.250 e. The molecular formula is C25H25N7O3. The topological polar surface area (TPSA) is 115 Å². The molecule has 10 nitrogen and oxygen atoms in total. The highest BCUT2D eigenvalue weighted by atomic mass is 16.5. The highest BCUT2D eigenvalue weighted by molar-refractivity contribution is 5.81. The third-order valence-electron chi connectivity index (χ3n) is 4.80. The minimum atomic E-state index is 0.256. The number of anilines is 5. The molecule has 0 aliphatic rings. The molecular weight excluding hydrogens is 446 g/mol. The summed E-state index contributed by atoms with van der Waals surface area (Å²) in [5, 5.41) is 10.6. The van der Waals surface area contributed by atoms with E-state index < -0.39 is 0 Å². The predicted octanol–water partition coefficient (Wildman–Crippen LogP) is 4.83. The average molecular weight is 472 g/mol. The van der Waals surface area contributed by atoms with Crippen LogP contribution in [0.4, 0.5) is 29.2 Å². The minimum Gasteiger partial charge on any atom is -0.497 e. The molecule has 4 rings (SSSR count). The van der Waals surface area contributed by atoms with E-state index in [4.69, 9.17) is 14.2 Å². The number of para-hydroxylation sites is 1. The fourth-order valence-corrected chi connectivity index (χ4v) is 3.09. The van der Waals surface area contributed by atoms with E-state index in [-0.39, 0.29) is 5.95 Å². The Balaban J connectivity index is 1.56. The van der Waals surface area contributed by atoms with Gasteiger partial charge in [-0.25, -0.2) is 5.43 Å². The fourth-order valence-electron chi connectivity index (χ4n) is 3.09. The zero-order valence-electron chi connectivity index (χ0n) is 19.5. The highest BCUT2D eigenvalue weighted by Crippen LogP contribution is 2.27. The first-order valence-corrected chi connectivity index (χ1v) is 10.7. The van der Waals surface area contributed by atoms with Gasteiger partial charge in [0.25, 0.3) is 0 Å². The summed E-state index contributed by atoms with van der Waals surface area (Å²) < 4.78 is 15.8. The van der Waals surface area contributed by atoms with Gasteiger partial charge >= 0.3 is 0 Å². The Morgan fingerprint density at radius 2 is 1.29 bits per heavy atom. The number of hydrogen-bond donors (Lipinski definition) is 3. The monoisotopic (exact) mass is 471 g/mol. The molecule has 35 heavy (non-hydrogen) atoms. The molecule has 0 fully saturated rings. The molecule has 0 saturated heterocycles. The first-order chi connectivity index (χ1) is 17.2. The van der Waals surface area contributed by atoms with Crippen LogP contribution in [0.1, 0.15) is 5.56 Å². The van der Waals surface area contributed by atoms with Gasteiger partial charge in [0, 0.05) is 11.4 Å². The van der Waals surface area contributed by atoms with Crippen molar-refractivity contribution in [1.29, 1.82) is 0 Å². The number of hydrogen-bond acceptors (Lipinski definition) is 10. The van der Waals surface area contributed by atoms with E-state index in [9.17, 15) is 0 Å². The van der Waals surface area contributed by atoms with E-state index in [2.05, 4.69) is 36.1 Å². The van der Waals surface area contributed by atoms with Crippen molar-refractivity contribution in [1.82, 2.24) is 15.0 Å². The SMILES string of the molecule is COc1ccc(Nc2nc(N/N=C\c3ccc(OC)c(OC)c3)nc(Nc3ccccc3)n2)cc1. The van der Waals surface area contributed by atoms with Crippen molar-refractivity contribution in [3.8, 4) is 17.2 Å². The van der Waals surface area contributed by atoms with Crippen molar-refractivity contribution in [3.63, 3.8) is 0 Å². The van der Waals surface area contributed by atoms with Gasteiger partial charge in [0.1, 0.15) is 5.75 Å². The lowest BCUT2D eigenvalue weighted by atomic mass is 10.2. The Labute approximate surface area is 203 Å². The van der Waals surface area contributed by atoms with Gasteiger partial charge in [-0.1, -0.05) is 18.2 Å². The molecule has 1 aromatic heterocycles. The Bertz CT molecular complexity index is 1280. The number of hydrazone groups is 1. The summed E-state index contributed by atoms with van der Waals surface area (Å²) in [5.41, 5.74) is 5.31. The lowest BCUT2D eigenvalue weighted by Gasteiger charge is -2.10. The number of methoxy groups -OCH3 is 3. The first-order valence-electron chi connectivity index (χ1n) is 10.7. The largest absolute Gasteiger partial charge is 0.497 e. The third kappa shape index (κ3) is 6.35. The summed E-state index contributed by atoms with van der Waals surface area (Å²) in [6.45, 7) is 0. The van der Waals surface area contributed by atoms with Gasteiger partial charge in [0.05, 0.1) is 27.5 Å². The molecule has 0 atom stereocenters. The Kier molecular flexibility index (Phi) is 7.54. The Morgan fingerprint density at radius 3 is 1.91 bits per heavy atom. The summed E-state index contributed by atoms with van der Waals surface area (Å²) in [7, 11) is 4.80. The average Bonchev–Trinajstić information content (AvgIpc) is 2.89. The summed E-state index contributed by atoms with van der Waals surface area (Å²) in [5.74, 6) is 2.95. The summed E-state index contributed by atoms with van der Waals surface area (Å²) in [4.78, 5) is 13.3. The van der Waals surface area contributed by atoms with Crippen molar-refractivity contribution in [2.75, 3.05) is 37.4 Å². The van der Waals surface area contributed by atoms with Crippen LogP contribution in [-0.2, 0) is 0 Å². The molecule has 0 unspecified atom stereocenters. The van der Waals surface area contributed by atoms with E-state index in [0.29, 0.717) is 23.4 Å². The van der Waals surface area contributed by atoms with Crippen molar-refractivity contribution in [3.05, 3.63) is 78.4 Å². The van der Waals surface area contributed by atoms with Crippen LogP contribution >= 0.6 is 0 Å². The fraction of sp³-hybridized carbons (Fsp3) is 0.120. The van der Waals surface area contributed by atoms with Crippen LogP contribution in [0, 0.1) is 0 Å². The molecule has 10 heteroatoms. The molecule has 0 bridgehead atoms. The Morgan fingerprint density at radius 1 is 0.657 bits per heavy atom. The second kappa shape index (κ2) is 11.3. The van der Waals surface area contributed by atoms with Crippen molar-refractivity contribution in [2.45, 2.75) is 0 Å². The minimum absolute atomic E-state index is 0.256. The second-order valence-electron chi connectivity index (χ2n) is 7.14. The summed E-state index contributed by atoms with van der Waals surface area (Å²) >= 11 is 0. The zero-order valence-corrected chi connectivity index (χ0v) is 19.5. The van der Waals surface area contributed by atoms with E-state index in [1.807, 2.05) is 72.8 Å². The third-order valence-corrected chi connectivity index (χ3v) is 4.80. The van der Waals surface area contributed by atoms with Crippen LogP contribution in [-0.4, -0.2) is 42.5 Å². The van der Waals surface area contributed by atoms with Crippen LogP contribution in [0.5, 0.6) is 17.2 Å². The van der Waals surface area contributed by atoms with Crippen LogP contribution in [0.25, 0.3) is 0 Å². The molecule has 0 amide bonds. The number of aromatic nitrogens is 3. The summed E-state index contributed by atoms with van der Waals surface area (Å²) in [6.07, 6.45) is 1.63. The maximum absolute atomic E-state index is 5.34. The molecule has 0 aliphatic heterocycles. The number of nitrogens with one attached hydrogen (secondary N) is 3. The van der Waals surface area contributed by atoms with E-state index in [1.165, 1.54) is 0 Å². The number of rotatable bonds is 10. The first kappa shape index (κ1) is 23.3.